The zero-order chi connectivity index (χ0) is 17.2. The molecule has 0 unspecified atom stereocenters. The zero-order valence-electron chi connectivity index (χ0n) is 14.7. The van der Waals surface area contributed by atoms with Crippen molar-refractivity contribution in [1.82, 2.24) is 0 Å². The maximum absolute atomic E-state index is 10.5. The van der Waals surface area contributed by atoms with Crippen molar-refractivity contribution in [2.24, 2.45) is 5.18 Å². The number of nitrogens with zero attached hydrogens (tertiary/aromatic N) is 2. The number of hydrogen-bond acceptors (Lipinski definition) is 4. The van der Waals surface area contributed by atoms with Gasteiger partial charge < -0.3 is 10.2 Å². The Morgan fingerprint density at radius 3 is 1.79 bits per heavy atom. The summed E-state index contributed by atoms with van der Waals surface area (Å²) in [5.41, 5.74) is 3.71. The normalized spacial score (nSPS) is 10.4. The summed E-state index contributed by atoms with van der Waals surface area (Å²) in [6.07, 6.45) is 4.88. The second-order valence-electron chi connectivity index (χ2n) is 6.00. The number of hydrogen-bond donors (Lipinski definition) is 1. The van der Waals surface area contributed by atoms with Gasteiger partial charge in [0.15, 0.2) is 0 Å². The van der Waals surface area contributed by atoms with Gasteiger partial charge in [-0.05, 0) is 66.5 Å². The summed E-state index contributed by atoms with van der Waals surface area (Å²) < 4.78 is 0. The summed E-state index contributed by atoms with van der Waals surface area (Å²) in [6.45, 7) is 6.69. The molecule has 2 aromatic rings. The Hall–Kier alpha value is -2.36. The van der Waals surface area contributed by atoms with E-state index in [1.165, 1.54) is 31.4 Å². The lowest BCUT2D eigenvalue weighted by molar-refractivity contribution is 0.678. The Kier molecular flexibility index (Phi) is 7.27. The van der Waals surface area contributed by atoms with Gasteiger partial charge in [0.1, 0.15) is 5.69 Å². The highest BCUT2D eigenvalue weighted by Gasteiger charge is 2.05. The van der Waals surface area contributed by atoms with Crippen LogP contribution in [0, 0.1) is 4.91 Å². The topological polar surface area (TPSA) is 44.7 Å². The summed E-state index contributed by atoms with van der Waals surface area (Å²) in [6, 6.07) is 15.7. The van der Waals surface area contributed by atoms with Crippen LogP contribution in [0.4, 0.5) is 22.7 Å². The van der Waals surface area contributed by atoms with E-state index in [2.05, 4.69) is 53.5 Å². The molecule has 128 valence electrons. The zero-order valence-corrected chi connectivity index (χ0v) is 14.7. The van der Waals surface area contributed by atoms with Gasteiger partial charge in [-0.1, -0.05) is 26.7 Å². The van der Waals surface area contributed by atoms with Crippen LogP contribution < -0.4 is 10.2 Å². The molecular weight excluding hydrogens is 298 g/mol. The van der Waals surface area contributed by atoms with Crippen LogP contribution in [-0.2, 0) is 0 Å². The van der Waals surface area contributed by atoms with Gasteiger partial charge in [-0.3, -0.25) is 0 Å². The van der Waals surface area contributed by atoms with Crippen LogP contribution in [0.15, 0.2) is 53.7 Å². The van der Waals surface area contributed by atoms with Crippen LogP contribution >= 0.6 is 0 Å². The van der Waals surface area contributed by atoms with Crippen LogP contribution in [0.2, 0.25) is 0 Å². The summed E-state index contributed by atoms with van der Waals surface area (Å²) in [7, 11) is 0. The van der Waals surface area contributed by atoms with Crippen molar-refractivity contribution in [1.29, 1.82) is 0 Å². The van der Waals surface area contributed by atoms with Crippen LogP contribution in [-0.4, -0.2) is 13.1 Å². The first-order valence-corrected chi connectivity index (χ1v) is 8.82. The van der Waals surface area contributed by atoms with Crippen molar-refractivity contribution < 1.29 is 0 Å². The summed E-state index contributed by atoms with van der Waals surface area (Å²) in [4.78, 5) is 12.9. The van der Waals surface area contributed by atoms with E-state index in [9.17, 15) is 4.91 Å². The average Bonchev–Trinajstić information content (AvgIpc) is 2.63. The molecule has 2 aromatic carbocycles. The minimum atomic E-state index is 0.443. The average molecular weight is 325 g/mol. The maximum atomic E-state index is 10.5. The molecule has 24 heavy (non-hydrogen) atoms. The summed E-state index contributed by atoms with van der Waals surface area (Å²) in [5, 5.41) is 6.26. The standard InChI is InChI=1S/C20H27N3O/c1-3-5-15-23(16-6-4-2)20-13-11-18(12-14-20)21-17-7-9-19(22-24)10-8-17/h7-14,21H,3-6,15-16H2,1-2H3. The molecule has 0 atom stereocenters. The molecule has 0 aromatic heterocycles. The van der Waals surface area contributed by atoms with E-state index in [1.807, 2.05) is 12.1 Å². The fourth-order valence-electron chi connectivity index (χ4n) is 2.60. The third kappa shape index (κ3) is 5.37. The fraction of sp³-hybridized carbons (Fsp3) is 0.400. The molecule has 2 rings (SSSR count). The van der Waals surface area contributed by atoms with Crippen LogP contribution in [0.25, 0.3) is 0 Å². The predicted molar refractivity (Wildman–Crippen MR) is 104 cm³/mol. The Labute approximate surface area is 144 Å². The molecule has 0 heterocycles. The maximum Gasteiger partial charge on any atom is 0.108 e. The molecule has 4 nitrogen and oxygen atoms in total. The van der Waals surface area contributed by atoms with Gasteiger partial charge >= 0.3 is 0 Å². The molecule has 0 bridgehead atoms. The Morgan fingerprint density at radius 2 is 1.33 bits per heavy atom. The Bertz CT molecular complexity index is 600. The van der Waals surface area contributed by atoms with Crippen molar-refractivity contribution in [3.8, 4) is 0 Å². The lowest BCUT2D eigenvalue weighted by Gasteiger charge is -2.25. The van der Waals surface area contributed by atoms with Crippen molar-refractivity contribution in [2.45, 2.75) is 39.5 Å². The smallest absolute Gasteiger partial charge is 0.108 e. The van der Waals surface area contributed by atoms with Gasteiger partial charge in [-0.15, -0.1) is 4.91 Å². The van der Waals surface area contributed by atoms with Gasteiger partial charge in [0.2, 0.25) is 0 Å². The van der Waals surface area contributed by atoms with Crippen molar-refractivity contribution in [3.05, 3.63) is 53.4 Å². The van der Waals surface area contributed by atoms with Gasteiger partial charge in [0.25, 0.3) is 0 Å². The highest BCUT2D eigenvalue weighted by molar-refractivity contribution is 5.64. The van der Waals surface area contributed by atoms with Crippen molar-refractivity contribution >= 4 is 22.7 Å². The highest BCUT2D eigenvalue weighted by Crippen LogP contribution is 2.23. The van der Waals surface area contributed by atoms with Crippen molar-refractivity contribution in [2.75, 3.05) is 23.3 Å². The lowest BCUT2D eigenvalue weighted by atomic mass is 10.2. The Morgan fingerprint density at radius 1 is 0.833 bits per heavy atom. The van der Waals surface area contributed by atoms with E-state index in [0.29, 0.717) is 5.69 Å². The molecule has 1 N–H and O–H groups in total. The number of nitrogens with one attached hydrogen (secondary N) is 1. The number of nitroso groups, excluding NO2 is 1. The molecule has 0 saturated carbocycles. The fourth-order valence-corrected chi connectivity index (χ4v) is 2.60. The molecular formula is C20H27N3O. The highest BCUT2D eigenvalue weighted by atomic mass is 16.3. The van der Waals surface area contributed by atoms with Crippen LogP contribution in [0.3, 0.4) is 0 Å². The molecule has 0 saturated heterocycles. The largest absolute Gasteiger partial charge is 0.372 e. The number of rotatable bonds is 10. The first-order chi connectivity index (χ1) is 11.8. The SMILES string of the molecule is CCCCN(CCCC)c1ccc(Nc2ccc(N=O)cc2)cc1. The van der Waals surface area contributed by atoms with Crippen molar-refractivity contribution in [3.63, 3.8) is 0 Å². The van der Waals surface area contributed by atoms with E-state index in [1.54, 1.807) is 12.1 Å². The summed E-state index contributed by atoms with van der Waals surface area (Å²) in [5.74, 6) is 0. The molecule has 0 fully saturated rings. The Balaban J connectivity index is 2.02. The van der Waals surface area contributed by atoms with Gasteiger partial charge in [0.05, 0.1) is 0 Å². The third-order valence-electron chi connectivity index (χ3n) is 4.06. The van der Waals surface area contributed by atoms with Gasteiger partial charge in [-0.25, -0.2) is 0 Å². The number of anilines is 3. The minimum Gasteiger partial charge on any atom is -0.372 e. The van der Waals surface area contributed by atoms with E-state index in [0.717, 1.165) is 24.5 Å². The lowest BCUT2D eigenvalue weighted by Crippen LogP contribution is -2.25. The van der Waals surface area contributed by atoms with E-state index in [-0.39, 0.29) is 0 Å². The van der Waals surface area contributed by atoms with Crippen LogP contribution in [0.1, 0.15) is 39.5 Å². The molecule has 0 aliphatic rings. The van der Waals surface area contributed by atoms with E-state index in [4.69, 9.17) is 0 Å². The molecule has 0 aliphatic heterocycles. The minimum absolute atomic E-state index is 0.443. The first kappa shape index (κ1) is 18.0. The second kappa shape index (κ2) is 9.71. The molecule has 0 aliphatic carbocycles. The molecule has 4 heteroatoms. The number of benzene rings is 2. The molecule has 0 amide bonds. The van der Waals surface area contributed by atoms with Gasteiger partial charge in [0, 0.05) is 30.2 Å². The van der Waals surface area contributed by atoms with Crippen LogP contribution in [0.5, 0.6) is 0 Å². The third-order valence-corrected chi connectivity index (χ3v) is 4.06. The molecule has 0 spiro atoms. The monoisotopic (exact) mass is 325 g/mol. The first-order valence-electron chi connectivity index (χ1n) is 8.82. The van der Waals surface area contributed by atoms with E-state index < -0.39 is 0 Å². The quantitative estimate of drug-likeness (QED) is 0.526. The van der Waals surface area contributed by atoms with E-state index >= 15 is 0 Å². The van der Waals surface area contributed by atoms with Gasteiger partial charge in [-0.2, -0.15) is 0 Å². The molecule has 0 radical (unpaired) electrons. The second-order valence-corrected chi connectivity index (χ2v) is 6.00. The number of unbranched alkanes of at least 4 members (excludes halogenated alkanes) is 2. The summed E-state index contributed by atoms with van der Waals surface area (Å²) >= 11 is 0. The predicted octanol–water partition coefficient (Wildman–Crippen LogP) is 6.23.